The molecule has 0 fully saturated rings. The van der Waals surface area contributed by atoms with Crippen LogP contribution in [-0.2, 0) is 11.3 Å². The van der Waals surface area contributed by atoms with E-state index in [9.17, 15) is 4.79 Å². The lowest BCUT2D eigenvalue weighted by Crippen LogP contribution is -2.49. The van der Waals surface area contributed by atoms with Gasteiger partial charge in [-0.1, -0.05) is 28.1 Å². The number of hydrogen-bond donors (Lipinski definition) is 1. The number of hydrogen-bond acceptors (Lipinski definition) is 2. The van der Waals surface area contributed by atoms with Crippen LogP contribution in [-0.4, -0.2) is 23.4 Å². The molecule has 0 atom stereocenters. The second-order valence-electron chi connectivity index (χ2n) is 4.51. The summed E-state index contributed by atoms with van der Waals surface area (Å²) in [5, 5.41) is 0. The van der Waals surface area contributed by atoms with Crippen molar-refractivity contribution >= 4 is 34.2 Å². The molecule has 2 N–H and O–H groups in total. The van der Waals surface area contributed by atoms with Gasteiger partial charge in [-0.15, -0.1) is 12.4 Å². The van der Waals surface area contributed by atoms with Crippen molar-refractivity contribution in [1.29, 1.82) is 0 Å². The van der Waals surface area contributed by atoms with Crippen molar-refractivity contribution in [2.45, 2.75) is 25.9 Å². The number of carbonyl (C=O) groups is 1. The van der Waals surface area contributed by atoms with E-state index in [1.807, 2.05) is 24.3 Å². The average molecular weight is 322 g/mol. The quantitative estimate of drug-likeness (QED) is 0.930. The number of amides is 1. The SMILES string of the molecule is CN(Cc1cccc(Br)c1)C(=O)C(C)(C)N.Cl. The highest BCUT2D eigenvalue weighted by Gasteiger charge is 2.25. The summed E-state index contributed by atoms with van der Waals surface area (Å²) < 4.78 is 1.01. The first-order chi connectivity index (χ1) is 7.30. The molecule has 96 valence electrons. The normalized spacial score (nSPS) is 10.6. The fourth-order valence-corrected chi connectivity index (χ4v) is 1.92. The van der Waals surface area contributed by atoms with E-state index in [4.69, 9.17) is 5.73 Å². The highest BCUT2D eigenvalue weighted by Crippen LogP contribution is 2.14. The summed E-state index contributed by atoms with van der Waals surface area (Å²) in [5.41, 5.74) is 6.02. The monoisotopic (exact) mass is 320 g/mol. The summed E-state index contributed by atoms with van der Waals surface area (Å²) in [6.45, 7) is 4.00. The van der Waals surface area contributed by atoms with E-state index in [0.717, 1.165) is 10.0 Å². The molecule has 1 aromatic rings. The Labute approximate surface area is 117 Å². The van der Waals surface area contributed by atoms with Crippen molar-refractivity contribution in [3.8, 4) is 0 Å². The van der Waals surface area contributed by atoms with Gasteiger partial charge in [-0.3, -0.25) is 4.79 Å². The van der Waals surface area contributed by atoms with Crippen LogP contribution in [0.4, 0.5) is 0 Å². The van der Waals surface area contributed by atoms with E-state index in [1.165, 1.54) is 0 Å². The van der Waals surface area contributed by atoms with Gasteiger partial charge in [0.05, 0.1) is 5.54 Å². The molecule has 0 aliphatic carbocycles. The van der Waals surface area contributed by atoms with Crippen molar-refractivity contribution in [2.75, 3.05) is 7.05 Å². The fraction of sp³-hybridized carbons (Fsp3) is 0.417. The zero-order valence-electron chi connectivity index (χ0n) is 10.2. The number of nitrogens with zero attached hydrogens (tertiary/aromatic N) is 1. The van der Waals surface area contributed by atoms with Crippen molar-refractivity contribution < 1.29 is 4.79 Å². The maximum Gasteiger partial charge on any atom is 0.242 e. The van der Waals surface area contributed by atoms with E-state index < -0.39 is 5.54 Å². The third-order valence-electron chi connectivity index (χ3n) is 2.21. The lowest BCUT2D eigenvalue weighted by molar-refractivity contribution is -0.134. The summed E-state index contributed by atoms with van der Waals surface area (Å²) in [6, 6.07) is 7.88. The number of benzene rings is 1. The zero-order valence-corrected chi connectivity index (χ0v) is 12.6. The maximum atomic E-state index is 11.8. The Morgan fingerprint density at radius 2 is 2.06 bits per heavy atom. The molecule has 0 saturated heterocycles. The molecule has 0 unspecified atom stereocenters. The Morgan fingerprint density at radius 1 is 1.47 bits per heavy atom. The van der Waals surface area contributed by atoms with Crippen LogP contribution >= 0.6 is 28.3 Å². The van der Waals surface area contributed by atoms with Crippen molar-refractivity contribution in [3.05, 3.63) is 34.3 Å². The standard InChI is InChI=1S/C12H17BrN2O.ClH/c1-12(2,14)11(16)15(3)8-9-5-4-6-10(13)7-9;/h4-7H,8,14H2,1-3H3;1H. The summed E-state index contributed by atoms with van der Waals surface area (Å²) >= 11 is 3.40. The van der Waals surface area contributed by atoms with Gasteiger partial charge in [0.25, 0.3) is 0 Å². The van der Waals surface area contributed by atoms with E-state index >= 15 is 0 Å². The molecule has 5 heteroatoms. The van der Waals surface area contributed by atoms with Crippen LogP contribution in [0, 0.1) is 0 Å². The van der Waals surface area contributed by atoms with Crippen LogP contribution in [0.3, 0.4) is 0 Å². The minimum absolute atomic E-state index is 0. The molecular formula is C12H18BrClN2O. The second kappa shape index (κ2) is 6.38. The molecule has 0 aliphatic rings. The Bertz CT molecular complexity index is 390. The van der Waals surface area contributed by atoms with E-state index in [0.29, 0.717) is 6.54 Å². The van der Waals surface area contributed by atoms with Crippen molar-refractivity contribution in [1.82, 2.24) is 4.90 Å². The summed E-state index contributed by atoms with van der Waals surface area (Å²) in [5.74, 6) is -0.0625. The Kier molecular flexibility index (Phi) is 6.16. The van der Waals surface area contributed by atoms with Crippen LogP contribution < -0.4 is 5.73 Å². The lowest BCUT2D eigenvalue weighted by Gasteiger charge is -2.25. The zero-order chi connectivity index (χ0) is 12.3. The minimum Gasteiger partial charge on any atom is -0.340 e. The van der Waals surface area contributed by atoms with Gasteiger partial charge in [-0.2, -0.15) is 0 Å². The predicted octanol–water partition coefficient (Wildman–Crippen LogP) is 2.57. The summed E-state index contributed by atoms with van der Waals surface area (Å²) in [6.07, 6.45) is 0. The first-order valence-corrected chi connectivity index (χ1v) is 5.89. The number of likely N-dealkylation sites (N-methyl/N-ethyl adjacent to an activating group) is 1. The van der Waals surface area contributed by atoms with Gasteiger partial charge < -0.3 is 10.6 Å². The Hall–Kier alpha value is -0.580. The third-order valence-corrected chi connectivity index (χ3v) is 2.70. The molecule has 0 aliphatic heterocycles. The highest BCUT2D eigenvalue weighted by molar-refractivity contribution is 9.10. The van der Waals surface area contributed by atoms with Crippen LogP contribution in [0.1, 0.15) is 19.4 Å². The molecule has 0 bridgehead atoms. The van der Waals surface area contributed by atoms with Gasteiger partial charge >= 0.3 is 0 Å². The molecule has 1 amide bonds. The van der Waals surface area contributed by atoms with E-state index in [1.54, 1.807) is 25.8 Å². The van der Waals surface area contributed by atoms with Crippen LogP contribution in [0.5, 0.6) is 0 Å². The first kappa shape index (κ1) is 16.4. The van der Waals surface area contributed by atoms with Gasteiger partial charge in [-0.25, -0.2) is 0 Å². The predicted molar refractivity (Wildman–Crippen MR) is 76.1 cm³/mol. The summed E-state index contributed by atoms with van der Waals surface area (Å²) in [4.78, 5) is 13.5. The molecule has 0 heterocycles. The molecule has 17 heavy (non-hydrogen) atoms. The highest BCUT2D eigenvalue weighted by atomic mass is 79.9. The number of nitrogens with two attached hydrogens (primary N) is 1. The molecule has 0 saturated carbocycles. The molecule has 1 aromatic carbocycles. The molecule has 0 radical (unpaired) electrons. The van der Waals surface area contributed by atoms with Crippen LogP contribution in [0.15, 0.2) is 28.7 Å². The van der Waals surface area contributed by atoms with Gasteiger partial charge in [0, 0.05) is 18.1 Å². The fourth-order valence-electron chi connectivity index (χ4n) is 1.47. The molecule has 0 aromatic heterocycles. The van der Waals surface area contributed by atoms with E-state index in [-0.39, 0.29) is 18.3 Å². The van der Waals surface area contributed by atoms with Gasteiger partial charge in [0.1, 0.15) is 0 Å². The molecule has 3 nitrogen and oxygen atoms in total. The van der Waals surface area contributed by atoms with Gasteiger partial charge in [0.15, 0.2) is 0 Å². The number of carbonyl (C=O) groups excluding carboxylic acids is 1. The maximum absolute atomic E-state index is 11.8. The third kappa shape index (κ3) is 5.06. The number of rotatable bonds is 3. The largest absolute Gasteiger partial charge is 0.340 e. The van der Waals surface area contributed by atoms with Gasteiger partial charge in [0.2, 0.25) is 5.91 Å². The van der Waals surface area contributed by atoms with Crippen molar-refractivity contribution in [3.63, 3.8) is 0 Å². The van der Waals surface area contributed by atoms with Gasteiger partial charge in [-0.05, 0) is 31.5 Å². The summed E-state index contributed by atoms with van der Waals surface area (Å²) in [7, 11) is 1.76. The topological polar surface area (TPSA) is 46.3 Å². The average Bonchev–Trinajstić information content (AvgIpc) is 2.15. The van der Waals surface area contributed by atoms with E-state index in [2.05, 4.69) is 15.9 Å². The smallest absolute Gasteiger partial charge is 0.242 e. The van der Waals surface area contributed by atoms with Crippen LogP contribution in [0.2, 0.25) is 0 Å². The Morgan fingerprint density at radius 3 is 2.53 bits per heavy atom. The Balaban J connectivity index is 0.00000256. The molecule has 0 spiro atoms. The molecular weight excluding hydrogens is 304 g/mol. The second-order valence-corrected chi connectivity index (χ2v) is 5.43. The van der Waals surface area contributed by atoms with Crippen molar-refractivity contribution in [2.24, 2.45) is 5.73 Å². The molecule has 1 rings (SSSR count). The lowest BCUT2D eigenvalue weighted by atomic mass is 10.1. The number of halogens is 2. The van der Waals surface area contributed by atoms with Crippen LogP contribution in [0.25, 0.3) is 0 Å². The minimum atomic E-state index is -0.819. The first-order valence-electron chi connectivity index (χ1n) is 5.09.